The zero-order valence-electron chi connectivity index (χ0n) is 5.46. The van der Waals surface area contributed by atoms with Crippen LogP contribution in [-0.4, -0.2) is 16.8 Å². The minimum absolute atomic E-state index is 0.833. The van der Waals surface area contributed by atoms with Crippen LogP contribution in [0.25, 0.3) is 0 Å². The van der Waals surface area contributed by atoms with Crippen LogP contribution < -0.4 is 0 Å². The number of carboxylic acids is 1. The highest BCUT2D eigenvalue weighted by Gasteiger charge is 1.84. The first-order valence-electron chi connectivity index (χ1n) is 2.53. The summed E-state index contributed by atoms with van der Waals surface area (Å²) in [5, 5.41) is 7.42. The Morgan fingerprint density at radius 3 is 2.00 bits per heavy atom. The third-order valence-electron chi connectivity index (χ3n) is 0.594. The van der Waals surface area contributed by atoms with E-state index in [-0.39, 0.29) is 0 Å². The van der Waals surface area contributed by atoms with Gasteiger partial charge in [0.1, 0.15) is 0 Å². The molecule has 0 fully saturated rings. The van der Waals surface area contributed by atoms with Gasteiger partial charge in [0.25, 0.3) is 5.97 Å². The van der Waals surface area contributed by atoms with Gasteiger partial charge in [0.05, 0.1) is 0 Å². The van der Waals surface area contributed by atoms with Crippen LogP contribution in [0.2, 0.25) is 0 Å². The van der Waals surface area contributed by atoms with Gasteiger partial charge in [-0.1, -0.05) is 0 Å². The van der Waals surface area contributed by atoms with E-state index in [1.54, 1.807) is 6.20 Å². The molecule has 50 valence electrons. The highest BCUT2D eigenvalue weighted by Crippen LogP contribution is 1.91. The molecule has 0 aromatic rings. The van der Waals surface area contributed by atoms with Gasteiger partial charge in [0.2, 0.25) is 0 Å². The predicted molar refractivity (Wildman–Crippen MR) is 35.6 cm³/mol. The Kier molecular flexibility index (Phi) is 3.35. The molecule has 0 saturated carbocycles. The van der Waals surface area contributed by atoms with E-state index in [0.717, 1.165) is 12.6 Å². The van der Waals surface area contributed by atoms with Crippen LogP contribution in [0.15, 0.2) is 17.3 Å². The monoisotopic (exact) mass is 127 g/mol. The summed E-state index contributed by atoms with van der Waals surface area (Å²) in [5.41, 5.74) is 1.13. The molecule has 9 heavy (non-hydrogen) atoms. The minimum Gasteiger partial charge on any atom is -0.481 e. The van der Waals surface area contributed by atoms with E-state index < -0.39 is 5.97 Å². The van der Waals surface area contributed by atoms with Crippen molar-refractivity contribution in [3.63, 3.8) is 0 Å². The van der Waals surface area contributed by atoms with Crippen molar-refractivity contribution in [3.8, 4) is 0 Å². The molecule has 3 nitrogen and oxygen atoms in total. The number of allylic oxidation sites excluding steroid dienone is 1. The maximum absolute atomic E-state index is 9.00. The number of nitrogens with zero attached hydrogens (tertiary/aromatic N) is 1. The van der Waals surface area contributed by atoms with Gasteiger partial charge in [-0.3, -0.25) is 9.79 Å². The number of rotatable bonds is 0. The molecule has 0 saturated heterocycles. The van der Waals surface area contributed by atoms with Crippen LogP contribution in [-0.2, 0) is 4.79 Å². The summed E-state index contributed by atoms with van der Waals surface area (Å²) >= 11 is 0. The van der Waals surface area contributed by atoms with Crippen LogP contribution >= 0.6 is 0 Å². The summed E-state index contributed by atoms with van der Waals surface area (Å²) in [4.78, 5) is 12.8. The quantitative estimate of drug-likeness (QED) is 0.529. The van der Waals surface area contributed by atoms with E-state index in [1.807, 2.05) is 13.0 Å². The van der Waals surface area contributed by atoms with Crippen molar-refractivity contribution < 1.29 is 9.90 Å². The smallest absolute Gasteiger partial charge is 0.300 e. The first-order valence-corrected chi connectivity index (χ1v) is 2.53. The molecule has 3 heteroatoms. The molecule has 1 aliphatic rings. The first kappa shape index (κ1) is 7.88. The van der Waals surface area contributed by atoms with Crippen LogP contribution in [0.3, 0.4) is 0 Å². The zero-order valence-corrected chi connectivity index (χ0v) is 5.46. The Hall–Kier alpha value is -1.12. The van der Waals surface area contributed by atoms with E-state index in [4.69, 9.17) is 9.90 Å². The molecule has 0 bridgehead atoms. The van der Waals surface area contributed by atoms with Crippen molar-refractivity contribution in [2.45, 2.75) is 13.8 Å². The number of aliphatic imine (C=N–C) groups is 1. The molecule has 0 unspecified atom stereocenters. The number of carbonyl (C=O) groups is 1. The van der Waals surface area contributed by atoms with Gasteiger partial charge in [-0.05, 0) is 13.0 Å². The molecule has 0 aromatic heterocycles. The van der Waals surface area contributed by atoms with Gasteiger partial charge in [0, 0.05) is 18.8 Å². The van der Waals surface area contributed by atoms with Crippen LogP contribution in [0.4, 0.5) is 0 Å². The van der Waals surface area contributed by atoms with Gasteiger partial charge in [0.15, 0.2) is 0 Å². The fraction of sp³-hybridized carbons (Fsp3) is 0.333. The van der Waals surface area contributed by atoms with Gasteiger partial charge >= 0.3 is 0 Å². The molecule has 0 aliphatic carbocycles. The minimum atomic E-state index is -0.833. The van der Waals surface area contributed by atoms with Gasteiger partial charge < -0.3 is 5.11 Å². The van der Waals surface area contributed by atoms with Crippen molar-refractivity contribution >= 4 is 11.7 Å². The molecule has 1 aliphatic heterocycles. The molecular weight excluding hydrogens is 118 g/mol. The number of hydrogen-bond acceptors (Lipinski definition) is 2. The van der Waals surface area contributed by atoms with E-state index in [0.29, 0.717) is 0 Å². The normalized spacial score (nSPS) is 12.4. The second-order valence-electron chi connectivity index (χ2n) is 1.61. The second kappa shape index (κ2) is 3.83. The van der Waals surface area contributed by atoms with E-state index in [1.165, 1.54) is 0 Å². The number of aliphatic carboxylic acids is 1. The molecule has 1 heterocycles. The molecule has 0 aromatic carbocycles. The number of hydrogen-bond donors (Lipinski definition) is 1. The molecular formula is C6H9NO2. The summed E-state index contributed by atoms with van der Waals surface area (Å²) in [6.45, 7) is 3.06. The highest BCUT2D eigenvalue weighted by molar-refractivity contribution is 5.97. The summed E-state index contributed by atoms with van der Waals surface area (Å²) in [6.07, 6.45) is 3.76. The average Bonchev–Trinajstić information content (AvgIpc) is 1.59. The second-order valence-corrected chi connectivity index (χ2v) is 1.61. The Balaban J connectivity index is 0.000000148. The van der Waals surface area contributed by atoms with Crippen molar-refractivity contribution in [2.24, 2.45) is 4.99 Å². The van der Waals surface area contributed by atoms with E-state index >= 15 is 0 Å². The van der Waals surface area contributed by atoms with Crippen LogP contribution in [0.1, 0.15) is 13.8 Å². The Bertz CT molecular complexity index is 154. The van der Waals surface area contributed by atoms with E-state index in [2.05, 4.69) is 4.99 Å². The van der Waals surface area contributed by atoms with Gasteiger partial charge in [-0.2, -0.15) is 0 Å². The average molecular weight is 127 g/mol. The predicted octanol–water partition coefficient (Wildman–Crippen LogP) is 1.07. The largest absolute Gasteiger partial charge is 0.481 e. The van der Waals surface area contributed by atoms with E-state index in [9.17, 15) is 0 Å². The molecule has 0 amide bonds. The maximum atomic E-state index is 9.00. The van der Waals surface area contributed by atoms with Crippen molar-refractivity contribution in [3.05, 3.63) is 12.3 Å². The maximum Gasteiger partial charge on any atom is 0.300 e. The summed E-state index contributed by atoms with van der Waals surface area (Å²) in [5.74, 6) is -0.833. The third-order valence-corrected chi connectivity index (χ3v) is 0.594. The first-order chi connectivity index (χ1) is 4.13. The van der Waals surface area contributed by atoms with Crippen LogP contribution in [0, 0.1) is 0 Å². The summed E-state index contributed by atoms with van der Waals surface area (Å²) in [7, 11) is 0. The molecule has 0 atom stereocenters. The van der Waals surface area contributed by atoms with Crippen molar-refractivity contribution in [1.29, 1.82) is 0 Å². The summed E-state index contributed by atoms with van der Waals surface area (Å²) in [6, 6.07) is 0. The molecule has 1 rings (SSSR count). The lowest BCUT2D eigenvalue weighted by Gasteiger charge is -1.91. The van der Waals surface area contributed by atoms with Gasteiger partial charge in [-0.25, -0.2) is 0 Å². The summed E-state index contributed by atoms with van der Waals surface area (Å²) < 4.78 is 0. The Morgan fingerprint density at radius 2 is 2.00 bits per heavy atom. The Morgan fingerprint density at radius 1 is 1.78 bits per heavy atom. The highest BCUT2D eigenvalue weighted by atomic mass is 16.4. The standard InChI is InChI=1S/C4H5N.C2H4O2/c1-4-2-3-5-4;1-2(3)4/h2-3H,1H3;1H3,(H,3,4). The zero-order chi connectivity index (χ0) is 7.28. The Labute approximate surface area is 53.7 Å². The molecule has 0 radical (unpaired) electrons. The van der Waals surface area contributed by atoms with Crippen molar-refractivity contribution in [1.82, 2.24) is 0 Å². The SMILES string of the molecule is CC(=O)O.CC1=NC=C1. The molecule has 1 N–H and O–H groups in total. The lowest BCUT2D eigenvalue weighted by Crippen LogP contribution is -1.88. The van der Waals surface area contributed by atoms with Gasteiger partial charge in [-0.15, -0.1) is 0 Å². The van der Waals surface area contributed by atoms with Crippen molar-refractivity contribution in [2.75, 3.05) is 0 Å². The lowest BCUT2D eigenvalue weighted by molar-refractivity contribution is -0.134. The molecule has 0 spiro atoms. The lowest BCUT2D eigenvalue weighted by atomic mass is 10.3. The topological polar surface area (TPSA) is 49.7 Å². The fourth-order valence-corrected chi connectivity index (χ4v) is 0.224. The van der Waals surface area contributed by atoms with Crippen LogP contribution in [0.5, 0.6) is 0 Å². The number of carboxylic acid groups (broad SMARTS) is 1. The third kappa shape index (κ3) is 6.88. The fourth-order valence-electron chi connectivity index (χ4n) is 0.224.